The van der Waals surface area contributed by atoms with Crippen molar-refractivity contribution in [3.8, 4) is 11.5 Å². The Bertz CT molecular complexity index is 1920. The van der Waals surface area contributed by atoms with E-state index in [1.54, 1.807) is 19.1 Å². The lowest BCUT2D eigenvalue weighted by molar-refractivity contribution is -0.143. The molecule has 0 saturated carbocycles. The molecule has 11 heteroatoms. The molecule has 1 aliphatic rings. The maximum Gasteiger partial charge on any atom is 0.337 e. The van der Waals surface area contributed by atoms with E-state index < -0.39 is 12.0 Å². The molecular weight excluding hydrogens is 570 g/mol. The minimum Gasteiger partial charge on any atom is -0.490 e. The van der Waals surface area contributed by atoms with Crippen LogP contribution in [0.2, 0.25) is 0 Å². The van der Waals surface area contributed by atoms with Crippen LogP contribution < -0.4 is 24.4 Å². The average molecular weight is 604 g/mol. The van der Waals surface area contributed by atoms with Gasteiger partial charge in [0.05, 0.1) is 43.1 Å². The molecule has 224 valence electrons. The Morgan fingerprint density at radius 2 is 1.77 bits per heavy atom. The second kappa shape index (κ2) is 12.7. The van der Waals surface area contributed by atoms with Crippen LogP contribution in [-0.2, 0) is 25.6 Å². The highest BCUT2D eigenvalue weighted by Crippen LogP contribution is 2.35. The van der Waals surface area contributed by atoms with Gasteiger partial charge in [-0.25, -0.2) is 9.79 Å². The third kappa shape index (κ3) is 5.60. The number of ether oxygens (including phenoxy) is 4. The van der Waals surface area contributed by atoms with Crippen LogP contribution in [0.3, 0.4) is 0 Å². The van der Waals surface area contributed by atoms with Crippen LogP contribution in [0.25, 0.3) is 17.0 Å². The number of aromatic nitrogens is 2. The standard InChI is InChI=1S/C32H33N3O7S/c1-6-40-25-14-13-20(15-26(25)41-7-2)29-23(31(38)39-5)17-33-32-35(29)30(37)27(43-32)16-22-19(4)34(18-28(36)42-8-3)24-12-10-9-11-21(22)24/h9-17,29H,6-8,18H2,1-5H3/b27-16+/t29-/m0/s1. The molecule has 43 heavy (non-hydrogen) atoms. The zero-order valence-corrected chi connectivity index (χ0v) is 25.5. The van der Waals surface area contributed by atoms with Crippen LogP contribution >= 0.6 is 11.3 Å². The second-order valence-corrected chi connectivity index (χ2v) is 10.7. The Labute approximate surface area is 252 Å². The molecule has 0 unspecified atom stereocenters. The molecule has 10 nitrogen and oxygen atoms in total. The van der Waals surface area contributed by atoms with E-state index in [0.717, 1.165) is 22.2 Å². The molecule has 0 radical (unpaired) electrons. The molecule has 1 aliphatic heterocycles. The summed E-state index contributed by atoms with van der Waals surface area (Å²) in [6.45, 7) is 8.65. The Kier molecular flexibility index (Phi) is 8.81. The van der Waals surface area contributed by atoms with Crippen molar-refractivity contribution in [2.45, 2.75) is 40.3 Å². The van der Waals surface area contributed by atoms with E-state index in [1.165, 1.54) is 29.2 Å². The highest BCUT2D eigenvalue weighted by atomic mass is 32.1. The first-order valence-corrected chi connectivity index (χ1v) is 14.9. The molecule has 0 amide bonds. The molecule has 2 aromatic carbocycles. The molecule has 0 saturated heterocycles. The Morgan fingerprint density at radius 3 is 2.49 bits per heavy atom. The summed E-state index contributed by atoms with van der Waals surface area (Å²) in [6, 6.07) is 12.3. The summed E-state index contributed by atoms with van der Waals surface area (Å²) in [5, 5.41) is 0.898. The van der Waals surface area contributed by atoms with Crippen molar-refractivity contribution in [1.82, 2.24) is 9.13 Å². The molecule has 0 fully saturated rings. The summed E-state index contributed by atoms with van der Waals surface area (Å²) in [6.07, 6.45) is 3.28. The lowest BCUT2D eigenvalue weighted by Gasteiger charge is -2.23. The molecule has 4 aromatic rings. The van der Waals surface area contributed by atoms with Gasteiger partial charge in [0.25, 0.3) is 5.56 Å². The predicted molar refractivity (Wildman–Crippen MR) is 163 cm³/mol. The van der Waals surface area contributed by atoms with E-state index >= 15 is 0 Å². The Morgan fingerprint density at radius 1 is 1.02 bits per heavy atom. The SMILES string of the molecule is CCOC(=O)Cn1c(C)c(/C=c2/sc3n(c2=O)[C@@H](c2ccc(OCC)c(OCC)c2)C(C(=O)OC)=CN=3)c2ccccc21. The molecule has 1 atom stereocenters. The van der Waals surface area contributed by atoms with Crippen molar-refractivity contribution in [2.24, 2.45) is 4.99 Å². The Hall–Kier alpha value is -4.64. The van der Waals surface area contributed by atoms with Gasteiger partial charge < -0.3 is 23.5 Å². The summed E-state index contributed by atoms with van der Waals surface area (Å²) >= 11 is 1.23. The number of rotatable bonds is 10. The van der Waals surface area contributed by atoms with Crippen molar-refractivity contribution in [3.05, 3.63) is 90.7 Å². The van der Waals surface area contributed by atoms with Crippen molar-refractivity contribution in [3.63, 3.8) is 0 Å². The molecule has 2 aromatic heterocycles. The largest absolute Gasteiger partial charge is 0.490 e. The van der Waals surface area contributed by atoms with E-state index in [-0.39, 0.29) is 23.6 Å². The van der Waals surface area contributed by atoms with Gasteiger partial charge in [-0.2, -0.15) is 0 Å². The average Bonchev–Trinajstić information content (AvgIpc) is 3.46. The third-order valence-electron chi connectivity index (χ3n) is 7.16. The Balaban J connectivity index is 1.69. The van der Waals surface area contributed by atoms with Crippen LogP contribution in [0, 0.1) is 6.92 Å². The molecule has 0 bridgehead atoms. The zero-order valence-electron chi connectivity index (χ0n) is 24.7. The fourth-order valence-corrected chi connectivity index (χ4v) is 6.25. The number of methoxy groups -OCH3 is 1. The fraction of sp³-hybridized carbons (Fsp3) is 0.312. The number of hydrogen-bond acceptors (Lipinski definition) is 9. The van der Waals surface area contributed by atoms with E-state index in [2.05, 4.69) is 4.99 Å². The van der Waals surface area contributed by atoms with Gasteiger partial charge in [-0.15, -0.1) is 0 Å². The number of benzene rings is 2. The minimum absolute atomic E-state index is 0.0532. The van der Waals surface area contributed by atoms with Gasteiger partial charge in [-0.1, -0.05) is 35.6 Å². The first kappa shape index (κ1) is 29.8. The van der Waals surface area contributed by atoms with Crippen LogP contribution in [0.5, 0.6) is 11.5 Å². The first-order valence-electron chi connectivity index (χ1n) is 14.0. The topological polar surface area (TPSA) is 110 Å². The normalized spacial score (nSPS) is 14.6. The molecule has 3 heterocycles. The summed E-state index contributed by atoms with van der Waals surface area (Å²) in [4.78, 5) is 44.3. The fourth-order valence-electron chi connectivity index (χ4n) is 5.30. The van der Waals surface area contributed by atoms with Crippen LogP contribution in [-0.4, -0.2) is 48.0 Å². The number of carbonyl (C=O) groups is 2. The van der Waals surface area contributed by atoms with E-state index in [0.29, 0.717) is 46.2 Å². The van der Waals surface area contributed by atoms with Gasteiger partial charge in [0.15, 0.2) is 16.3 Å². The smallest absolute Gasteiger partial charge is 0.337 e. The zero-order chi connectivity index (χ0) is 30.7. The minimum atomic E-state index is -0.799. The number of fused-ring (bicyclic) bond motifs is 2. The van der Waals surface area contributed by atoms with Gasteiger partial charge in [0.2, 0.25) is 0 Å². The van der Waals surface area contributed by atoms with Gasteiger partial charge in [0.1, 0.15) is 6.54 Å². The summed E-state index contributed by atoms with van der Waals surface area (Å²) in [5.74, 6) is 0.149. The summed E-state index contributed by atoms with van der Waals surface area (Å²) in [7, 11) is 1.30. The number of para-hydroxylation sites is 1. The maximum atomic E-state index is 14.1. The number of thiazole rings is 1. The van der Waals surface area contributed by atoms with E-state index in [4.69, 9.17) is 18.9 Å². The monoisotopic (exact) mass is 603 g/mol. The lowest BCUT2D eigenvalue weighted by atomic mass is 9.97. The quantitative estimate of drug-likeness (QED) is 0.255. The van der Waals surface area contributed by atoms with Crippen molar-refractivity contribution in [1.29, 1.82) is 0 Å². The number of hydrogen-bond donors (Lipinski definition) is 0. The van der Waals surface area contributed by atoms with Gasteiger partial charge in [-0.3, -0.25) is 14.2 Å². The van der Waals surface area contributed by atoms with E-state index in [9.17, 15) is 14.4 Å². The summed E-state index contributed by atoms with van der Waals surface area (Å²) < 4.78 is 25.7. The van der Waals surface area contributed by atoms with Crippen LogP contribution in [0.4, 0.5) is 0 Å². The second-order valence-electron chi connectivity index (χ2n) is 9.66. The van der Waals surface area contributed by atoms with Crippen molar-refractivity contribution in [2.75, 3.05) is 26.9 Å². The van der Waals surface area contributed by atoms with Crippen molar-refractivity contribution < 1.29 is 28.5 Å². The highest BCUT2D eigenvalue weighted by Gasteiger charge is 2.31. The highest BCUT2D eigenvalue weighted by molar-refractivity contribution is 7.07. The third-order valence-corrected chi connectivity index (χ3v) is 8.15. The molecular formula is C32H33N3O7S. The number of esters is 2. The maximum absolute atomic E-state index is 14.1. The number of nitrogens with zero attached hydrogens (tertiary/aromatic N) is 3. The van der Waals surface area contributed by atoms with E-state index in [1.807, 2.05) is 61.7 Å². The first-order chi connectivity index (χ1) is 20.8. The molecule has 0 spiro atoms. The molecule has 0 N–H and O–H groups in total. The molecule has 0 aliphatic carbocycles. The van der Waals surface area contributed by atoms with Crippen molar-refractivity contribution >= 4 is 40.3 Å². The summed E-state index contributed by atoms with van der Waals surface area (Å²) in [5.41, 5.74) is 3.05. The molecule has 5 rings (SSSR count). The van der Waals surface area contributed by atoms with Crippen LogP contribution in [0.15, 0.2) is 64.0 Å². The van der Waals surface area contributed by atoms with Gasteiger partial charge in [0, 0.05) is 28.4 Å². The van der Waals surface area contributed by atoms with Gasteiger partial charge >= 0.3 is 11.9 Å². The van der Waals surface area contributed by atoms with Crippen LogP contribution in [0.1, 0.15) is 43.6 Å². The number of carbonyl (C=O) groups excluding carboxylic acids is 2. The van der Waals surface area contributed by atoms with Gasteiger partial charge in [-0.05, 0) is 57.5 Å². The predicted octanol–water partition coefficient (Wildman–Crippen LogP) is 3.64. The lowest BCUT2D eigenvalue weighted by Crippen LogP contribution is -2.39.